The lowest BCUT2D eigenvalue weighted by Crippen LogP contribution is -2.35. The van der Waals surface area contributed by atoms with Crippen molar-refractivity contribution in [3.8, 4) is 0 Å². The van der Waals surface area contributed by atoms with Crippen molar-refractivity contribution in [1.82, 2.24) is 0 Å². The number of hydrogen-bond acceptors (Lipinski definition) is 3. The summed E-state index contributed by atoms with van der Waals surface area (Å²) in [6.45, 7) is 0.344. The van der Waals surface area contributed by atoms with Crippen LogP contribution < -0.4 is 16.0 Å². The van der Waals surface area contributed by atoms with E-state index in [-0.39, 0.29) is 5.78 Å². The predicted molar refractivity (Wildman–Crippen MR) is 103 cm³/mol. The second kappa shape index (κ2) is 7.28. The number of rotatable bonds is 5. The van der Waals surface area contributed by atoms with E-state index in [1.54, 1.807) is 0 Å². The van der Waals surface area contributed by atoms with Crippen LogP contribution in [0.4, 0.5) is 5.69 Å². The van der Waals surface area contributed by atoms with Crippen LogP contribution in [0.15, 0.2) is 54.6 Å². The van der Waals surface area contributed by atoms with Crippen molar-refractivity contribution in [3.05, 3.63) is 71.4 Å². The van der Waals surface area contributed by atoms with Gasteiger partial charge in [0.1, 0.15) is 7.05 Å². The molecule has 0 bridgehead atoms. The van der Waals surface area contributed by atoms with E-state index in [4.69, 9.17) is 11.5 Å². The Morgan fingerprint density at radius 1 is 1.08 bits per heavy atom. The minimum atomic E-state index is 0.0563. The number of pyridine rings is 1. The van der Waals surface area contributed by atoms with Crippen LogP contribution in [0.5, 0.6) is 0 Å². The monoisotopic (exact) mass is 332 g/mol. The summed E-state index contributed by atoms with van der Waals surface area (Å²) >= 11 is 0. The van der Waals surface area contributed by atoms with E-state index < -0.39 is 0 Å². The van der Waals surface area contributed by atoms with E-state index in [2.05, 4.69) is 0 Å². The van der Waals surface area contributed by atoms with E-state index in [0.717, 1.165) is 27.8 Å². The number of ketones is 1. The third-order valence-electron chi connectivity index (χ3n) is 4.28. The van der Waals surface area contributed by atoms with Crippen LogP contribution in [0.25, 0.3) is 23.1 Å². The molecule has 0 amide bonds. The molecule has 4 nitrogen and oxygen atoms in total. The zero-order valence-electron chi connectivity index (χ0n) is 14.3. The van der Waals surface area contributed by atoms with Crippen LogP contribution in [0.2, 0.25) is 0 Å². The number of aromatic nitrogens is 1. The number of Topliss-reactive ketones (excluding diaryl/α,β-unsaturated/α-hetero) is 1. The Labute approximate surface area is 147 Å². The summed E-state index contributed by atoms with van der Waals surface area (Å²) in [6, 6.07) is 17.6. The molecule has 25 heavy (non-hydrogen) atoms. The lowest BCUT2D eigenvalue weighted by Gasteiger charge is -2.07. The van der Waals surface area contributed by atoms with Crippen molar-refractivity contribution in [1.29, 1.82) is 0 Å². The highest BCUT2D eigenvalue weighted by Crippen LogP contribution is 2.19. The van der Waals surface area contributed by atoms with E-state index in [1.165, 1.54) is 0 Å². The van der Waals surface area contributed by atoms with Crippen LogP contribution in [0.3, 0.4) is 0 Å². The fourth-order valence-corrected chi connectivity index (χ4v) is 2.93. The maximum absolute atomic E-state index is 12.6. The van der Waals surface area contributed by atoms with E-state index in [1.807, 2.05) is 78.4 Å². The summed E-state index contributed by atoms with van der Waals surface area (Å²) in [6.07, 6.45) is 4.30. The Bertz CT molecular complexity index is 943. The SMILES string of the molecule is C[n+]1c(C=Cc2ccc(N)cc2)c(C(=O)CCN)cc2ccccc21. The fraction of sp³-hybridized carbons (Fsp3) is 0.143. The van der Waals surface area contributed by atoms with Crippen molar-refractivity contribution >= 4 is 34.5 Å². The van der Waals surface area contributed by atoms with Crippen LogP contribution >= 0.6 is 0 Å². The fourth-order valence-electron chi connectivity index (χ4n) is 2.93. The molecule has 0 spiro atoms. The smallest absolute Gasteiger partial charge is 0.216 e. The molecule has 0 unspecified atom stereocenters. The average Bonchev–Trinajstić information content (AvgIpc) is 2.62. The number of anilines is 1. The van der Waals surface area contributed by atoms with Crippen molar-refractivity contribution < 1.29 is 9.36 Å². The van der Waals surface area contributed by atoms with Crippen molar-refractivity contribution in [3.63, 3.8) is 0 Å². The molecule has 0 aliphatic rings. The van der Waals surface area contributed by atoms with Crippen molar-refractivity contribution in [2.24, 2.45) is 12.8 Å². The Balaban J connectivity index is 2.13. The maximum atomic E-state index is 12.6. The molecule has 3 rings (SSSR count). The van der Waals surface area contributed by atoms with Crippen molar-refractivity contribution in [2.45, 2.75) is 6.42 Å². The number of benzene rings is 2. The lowest BCUT2D eigenvalue weighted by atomic mass is 10.0. The summed E-state index contributed by atoms with van der Waals surface area (Å²) in [5.74, 6) is 0.0563. The predicted octanol–water partition coefficient (Wildman–Crippen LogP) is 2.95. The van der Waals surface area contributed by atoms with Gasteiger partial charge in [-0.25, -0.2) is 0 Å². The molecular formula is C21H22N3O+. The van der Waals surface area contributed by atoms with E-state index >= 15 is 0 Å². The first kappa shape index (κ1) is 16.9. The Kier molecular flexibility index (Phi) is 4.91. The molecule has 0 fully saturated rings. The van der Waals surface area contributed by atoms with E-state index in [0.29, 0.717) is 18.5 Å². The van der Waals surface area contributed by atoms with Gasteiger partial charge in [0, 0.05) is 29.6 Å². The third kappa shape index (κ3) is 3.59. The van der Waals surface area contributed by atoms with Crippen LogP contribution in [0.1, 0.15) is 28.0 Å². The number of fused-ring (bicyclic) bond motifs is 1. The quantitative estimate of drug-likeness (QED) is 0.429. The van der Waals surface area contributed by atoms with Gasteiger partial charge in [-0.05, 0) is 42.4 Å². The first-order valence-corrected chi connectivity index (χ1v) is 8.29. The van der Waals surface area contributed by atoms with Gasteiger partial charge < -0.3 is 11.5 Å². The normalized spacial score (nSPS) is 11.3. The summed E-state index contributed by atoms with van der Waals surface area (Å²) in [4.78, 5) is 12.6. The highest BCUT2D eigenvalue weighted by molar-refractivity contribution is 6.01. The number of nitrogens with two attached hydrogens (primary N) is 2. The van der Waals surface area contributed by atoms with Gasteiger partial charge in [0.2, 0.25) is 11.2 Å². The third-order valence-corrected chi connectivity index (χ3v) is 4.28. The number of nitrogen functional groups attached to an aromatic ring is 1. The molecular weight excluding hydrogens is 310 g/mol. The molecule has 0 atom stereocenters. The molecule has 0 saturated heterocycles. The molecule has 2 aromatic carbocycles. The van der Waals surface area contributed by atoms with Crippen LogP contribution in [-0.4, -0.2) is 12.3 Å². The van der Waals surface area contributed by atoms with Crippen LogP contribution in [-0.2, 0) is 7.05 Å². The molecule has 0 aliphatic carbocycles. The molecule has 1 aromatic heterocycles. The second-order valence-corrected chi connectivity index (χ2v) is 6.02. The number of hydrogen-bond donors (Lipinski definition) is 2. The van der Waals surface area contributed by atoms with Gasteiger partial charge in [-0.1, -0.05) is 24.3 Å². The summed E-state index contributed by atoms with van der Waals surface area (Å²) < 4.78 is 2.05. The molecule has 4 heteroatoms. The highest BCUT2D eigenvalue weighted by Gasteiger charge is 2.20. The van der Waals surface area contributed by atoms with Crippen molar-refractivity contribution in [2.75, 3.05) is 12.3 Å². The van der Waals surface area contributed by atoms with Gasteiger partial charge in [0.25, 0.3) is 0 Å². The summed E-state index contributed by atoms with van der Waals surface area (Å²) in [7, 11) is 1.98. The molecule has 1 heterocycles. The maximum Gasteiger partial charge on any atom is 0.216 e. The van der Waals surface area contributed by atoms with Gasteiger partial charge in [-0.15, -0.1) is 0 Å². The number of carbonyl (C=O) groups excluding carboxylic acids is 1. The number of nitrogens with zero attached hydrogens (tertiary/aromatic N) is 1. The zero-order chi connectivity index (χ0) is 17.8. The minimum Gasteiger partial charge on any atom is -0.399 e. The summed E-state index contributed by atoms with van der Waals surface area (Å²) in [5, 5.41) is 1.04. The Morgan fingerprint density at radius 3 is 2.52 bits per heavy atom. The topological polar surface area (TPSA) is 73.0 Å². The number of para-hydroxylation sites is 1. The molecule has 0 aliphatic heterocycles. The highest BCUT2D eigenvalue weighted by atomic mass is 16.1. The van der Waals surface area contributed by atoms with Gasteiger partial charge in [-0.2, -0.15) is 4.57 Å². The largest absolute Gasteiger partial charge is 0.399 e. The molecule has 4 N–H and O–H groups in total. The van der Waals surface area contributed by atoms with Crippen LogP contribution in [0, 0.1) is 0 Å². The van der Waals surface area contributed by atoms with Gasteiger partial charge in [0.05, 0.1) is 5.56 Å². The minimum absolute atomic E-state index is 0.0563. The lowest BCUT2D eigenvalue weighted by molar-refractivity contribution is -0.646. The van der Waals surface area contributed by atoms with Gasteiger partial charge in [0.15, 0.2) is 5.78 Å². The first-order valence-electron chi connectivity index (χ1n) is 8.29. The molecule has 126 valence electrons. The van der Waals surface area contributed by atoms with Gasteiger partial charge >= 0.3 is 0 Å². The second-order valence-electron chi connectivity index (χ2n) is 6.02. The summed E-state index contributed by atoms with van der Waals surface area (Å²) in [5.41, 5.74) is 15.7. The van der Waals surface area contributed by atoms with Gasteiger partial charge in [-0.3, -0.25) is 4.79 Å². The molecule has 0 radical (unpaired) electrons. The van der Waals surface area contributed by atoms with E-state index in [9.17, 15) is 4.79 Å². The molecule has 0 saturated carbocycles. The number of aryl methyl sites for hydroxylation is 1. The Morgan fingerprint density at radius 2 is 1.80 bits per heavy atom. The zero-order valence-corrected chi connectivity index (χ0v) is 14.3. The standard InChI is InChI=1S/C21H21N3O/c1-24-19-5-3-2-4-16(19)14-18(21(25)12-13-22)20(24)11-8-15-6-9-17(23)10-7-15/h2-11,14,23H,12-13,22H2,1H3/p+1. The first-order chi connectivity index (χ1) is 12.1. The Hall–Kier alpha value is -2.98. The molecule has 3 aromatic rings. The number of carbonyl (C=O) groups is 1. The average molecular weight is 332 g/mol.